The first-order chi connectivity index (χ1) is 7.06. The van der Waals surface area contributed by atoms with Crippen LogP contribution in [0.1, 0.15) is 26.5 Å². The topological polar surface area (TPSA) is 96.7 Å². The van der Waals surface area contributed by atoms with Gasteiger partial charge in [-0.25, -0.2) is 14.6 Å². The quantitative estimate of drug-likeness (QED) is 0.757. The van der Waals surface area contributed by atoms with Crippen LogP contribution in [0.15, 0.2) is 12.1 Å². The van der Waals surface area contributed by atoms with Gasteiger partial charge in [-0.05, 0) is 12.1 Å². The molecule has 6 nitrogen and oxygen atoms in total. The molecule has 0 aliphatic rings. The lowest BCUT2D eigenvalue weighted by Crippen LogP contribution is -2.12. The second kappa shape index (κ2) is 4.52. The molecular weight excluding hydrogens is 202 g/mol. The summed E-state index contributed by atoms with van der Waals surface area (Å²) in [4.78, 5) is 25.1. The predicted molar refractivity (Wildman–Crippen MR) is 48.9 cm³/mol. The van der Waals surface area contributed by atoms with E-state index in [2.05, 4.69) is 4.98 Å². The van der Waals surface area contributed by atoms with Gasteiger partial charge >= 0.3 is 11.9 Å². The van der Waals surface area contributed by atoms with E-state index in [0.717, 1.165) is 0 Å². The first kappa shape index (κ1) is 11.1. The van der Waals surface area contributed by atoms with E-state index in [1.807, 2.05) is 0 Å². The third-order valence-electron chi connectivity index (χ3n) is 1.68. The zero-order valence-corrected chi connectivity index (χ0v) is 7.93. The number of pyridine rings is 1. The van der Waals surface area contributed by atoms with E-state index >= 15 is 0 Å². The van der Waals surface area contributed by atoms with Gasteiger partial charge in [-0.3, -0.25) is 0 Å². The summed E-state index contributed by atoms with van der Waals surface area (Å²) in [7, 11) is 1.44. The summed E-state index contributed by atoms with van der Waals surface area (Å²) >= 11 is 0. The van der Waals surface area contributed by atoms with Crippen molar-refractivity contribution in [3.8, 4) is 0 Å². The van der Waals surface area contributed by atoms with Crippen LogP contribution >= 0.6 is 0 Å². The minimum absolute atomic E-state index is 0.139. The highest BCUT2D eigenvalue weighted by atomic mass is 16.5. The smallest absolute Gasteiger partial charge is 0.355 e. The van der Waals surface area contributed by atoms with Crippen molar-refractivity contribution in [1.82, 2.24) is 4.98 Å². The Balaban J connectivity index is 3.21. The van der Waals surface area contributed by atoms with E-state index in [-0.39, 0.29) is 12.2 Å². The molecule has 0 saturated carbocycles. The number of rotatable bonds is 4. The number of carboxylic acids is 2. The van der Waals surface area contributed by atoms with Crippen LogP contribution in [0.2, 0.25) is 0 Å². The number of hydrogen-bond acceptors (Lipinski definition) is 4. The summed E-state index contributed by atoms with van der Waals surface area (Å²) in [6.45, 7) is 0.139. The van der Waals surface area contributed by atoms with Gasteiger partial charge in [0.05, 0.1) is 17.9 Å². The van der Waals surface area contributed by atoms with Gasteiger partial charge in [-0.2, -0.15) is 0 Å². The van der Waals surface area contributed by atoms with Crippen molar-refractivity contribution in [3.05, 3.63) is 29.1 Å². The van der Waals surface area contributed by atoms with Crippen LogP contribution in [0.3, 0.4) is 0 Å². The Labute approximate surface area is 85.1 Å². The normalized spacial score (nSPS) is 9.93. The van der Waals surface area contributed by atoms with Gasteiger partial charge in [0.1, 0.15) is 0 Å². The Morgan fingerprint density at radius 3 is 2.47 bits per heavy atom. The van der Waals surface area contributed by atoms with Gasteiger partial charge in [-0.15, -0.1) is 0 Å². The molecule has 0 aliphatic carbocycles. The van der Waals surface area contributed by atoms with Gasteiger partial charge < -0.3 is 14.9 Å². The Hall–Kier alpha value is -1.95. The summed E-state index contributed by atoms with van der Waals surface area (Å²) < 4.78 is 4.76. The lowest BCUT2D eigenvalue weighted by molar-refractivity contribution is 0.0645. The summed E-state index contributed by atoms with van der Waals surface area (Å²) in [5.74, 6) is -2.69. The average molecular weight is 211 g/mol. The SMILES string of the molecule is COCc1ccc(C(=O)O)c(C(=O)O)n1. The zero-order chi connectivity index (χ0) is 11.4. The molecule has 2 N–H and O–H groups in total. The summed E-state index contributed by atoms with van der Waals surface area (Å²) in [6, 6.07) is 2.62. The fourth-order valence-corrected chi connectivity index (χ4v) is 1.06. The fraction of sp³-hybridized carbons (Fsp3) is 0.222. The fourth-order valence-electron chi connectivity index (χ4n) is 1.06. The molecule has 15 heavy (non-hydrogen) atoms. The average Bonchev–Trinajstić information content (AvgIpc) is 2.17. The van der Waals surface area contributed by atoms with Gasteiger partial charge in [0.15, 0.2) is 5.69 Å². The van der Waals surface area contributed by atoms with Crippen LogP contribution in [0.25, 0.3) is 0 Å². The lowest BCUT2D eigenvalue weighted by atomic mass is 10.1. The van der Waals surface area contributed by atoms with Gasteiger partial charge in [0, 0.05) is 7.11 Å². The van der Waals surface area contributed by atoms with Gasteiger partial charge in [-0.1, -0.05) is 0 Å². The number of nitrogens with zero attached hydrogens (tertiary/aromatic N) is 1. The minimum Gasteiger partial charge on any atom is -0.478 e. The number of hydrogen-bond donors (Lipinski definition) is 2. The van der Waals surface area contributed by atoms with E-state index in [1.54, 1.807) is 0 Å². The Morgan fingerprint density at radius 1 is 1.33 bits per heavy atom. The molecule has 0 radical (unpaired) electrons. The van der Waals surface area contributed by atoms with Gasteiger partial charge in [0.2, 0.25) is 0 Å². The lowest BCUT2D eigenvalue weighted by Gasteiger charge is -2.03. The van der Waals surface area contributed by atoms with Crippen LogP contribution in [-0.4, -0.2) is 34.2 Å². The zero-order valence-electron chi connectivity index (χ0n) is 7.93. The molecular formula is C9H9NO5. The van der Waals surface area contributed by atoms with Crippen molar-refractivity contribution >= 4 is 11.9 Å². The number of ether oxygens (including phenoxy) is 1. The molecule has 0 saturated heterocycles. The van der Waals surface area contributed by atoms with E-state index in [0.29, 0.717) is 5.69 Å². The Kier molecular flexibility index (Phi) is 3.35. The van der Waals surface area contributed by atoms with E-state index in [4.69, 9.17) is 14.9 Å². The molecule has 0 atom stereocenters. The van der Waals surface area contributed by atoms with E-state index in [1.165, 1.54) is 19.2 Å². The molecule has 0 amide bonds. The minimum atomic E-state index is -1.37. The molecule has 0 aromatic carbocycles. The molecule has 1 heterocycles. The monoisotopic (exact) mass is 211 g/mol. The highest BCUT2D eigenvalue weighted by Crippen LogP contribution is 2.09. The third kappa shape index (κ3) is 2.50. The highest BCUT2D eigenvalue weighted by Gasteiger charge is 2.17. The summed E-state index contributed by atoms with van der Waals surface area (Å²) in [5.41, 5.74) is -0.431. The molecule has 0 spiro atoms. The maximum Gasteiger partial charge on any atom is 0.355 e. The number of methoxy groups -OCH3 is 1. The molecule has 1 rings (SSSR count). The van der Waals surface area contributed by atoms with E-state index in [9.17, 15) is 9.59 Å². The first-order valence-electron chi connectivity index (χ1n) is 4.01. The standard InChI is InChI=1S/C9H9NO5/c1-15-4-5-2-3-6(8(11)12)7(10-5)9(13)14/h2-3H,4H2,1H3,(H,11,12)(H,13,14). The molecule has 0 fully saturated rings. The molecule has 0 unspecified atom stereocenters. The van der Waals surface area contributed by atoms with Crippen LogP contribution in [0.4, 0.5) is 0 Å². The van der Waals surface area contributed by atoms with Crippen LogP contribution in [0, 0.1) is 0 Å². The number of carboxylic acid groups (broad SMARTS) is 2. The number of aromatic carboxylic acids is 2. The van der Waals surface area contributed by atoms with Crippen molar-refractivity contribution < 1.29 is 24.5 Å². The first-order valence-corrected chi connectivity index (χ1v) is 4.01. The molecule has 1 aromatic rings. The molecule has 0 aliphatic heterocycles. The molecule has 6 heteroatoms. The van der Waals surface area contributed by atoms with E-state index < -0.39 is 17.6 Å². The van der Waals surface area contributed by atoms with Crippen molar-refractivity contribution in [2.24, 2.45) is 0 Å². The van der Waals surface area contributed by atoms with Crippen molar-refractivity contribution in [2.45, 2.75) is 6.61 Å². The maximum atomic E-state index is 10.7. The van der Waals surface area contributed by atoms with Crippen molar-refractivity contribution in [2.75, 3.05) is 7.11 Å². The maximum absolute atomic E-state index is 10.7. The molecule has 0 bridgehead atoms. The Bertz CT molecular complexity index is 401. The van der Waals surface area contributed by atoms with Crippen molar-refractivity contribution in [1.29, 1.82) is 0 Å². The van der Waals surface area contributed by atoms with Crippen LogP contribution in [0.5, 0.6) is 0 Å². The molecule has 1 aromatic heterocycles. The second-order valence-electron chi connectivity index (χ2n) is 2.74. The summed E-state index contributed by atoms with van der Waals surface area (Å²) in [5, 5.41) is 17.4. The highest BCUT2D eigenvalue weighted by molar-refractivity contribution is 6.00. The predicted octanol–water partition coefficient (Wildman–Crippen LogP) is 0.624. The summed E-state index contributed by atoms with van der Waals surface area (Å²) in [6.07, 6.45) is 0. The molecule has 80 valence electrons. The van der Waals surface area contributed by atoms with Crippen LogP contribution in [-0.2, 0) is 11.3 Å². The van der Waals surface area contributed by atoms with Crippen LogP contribution < -0.4 is 0 Å². The Morgan fingerprint density at radius 2 is 2.00 bits per heavy atom. The third-order valence-corrected chi connectivity index (χ3v) is 1.68. The number of aromatic nitrogens is 1. The van der Waals surface area contributed by atoms with Crippen molar-refractivity contribution in [3.63, 3.8) is 0 Å². The number of carbonyl (C=O) groups is 2. The largest absolute Gasteiger partial charge is 0.478 e. The second-order valence-corrected chi connectivity index (χ2v) is 2.74. The van der Waals surface area contributed by atoms with Gasteiger partial charge in [0.25, 0.3) is 0 Å².